The first-order valence-corrected chi connectivity index (χ1v) is 8.13. The normalized spacial score (nSPS) is 13.3. The molecule has 1 unspecified atom stereocenters. The number of nitrogens with zero attached hydrogens (tertiary/aromatic N) is 1. The molecule has 0 aromatic carbocycles. The van der Waals surface area contributed by atoms with Crippen LogP contribution in [0.2, 0.25) is 0 Å². The molecular formula is C11H24N2O4S. The number of carbonyl (C=O) groups excluding carboxylic acids is 1. The molecule has 1 amide bonds. The number of likely N-dealkylation sites (N-methyl/N-ethyl adjacent to an activating group) is 1. The van der Waals surface area contributed by atoms with Crippen LogP contribution in [0.15, 0.2) is 0 Å². The molecule has 0 spiro atoms. The van der Waals surface area contributed by atoms with Gasteiger partial charge in [-0.3, -0.25) is 4.79 Å². The Bertz CT molecular complexity index is 343. The maximum absolute atomic E-state index is 11.8. The van der Waals surface area contributed by atoms with Gasteiger partial charge in [-0.1, -0.05) is 0 Å². The van der Waals surface area contributed by atoms with E-state index in [0.717, 1.165) is 25.5 Å². The maximum atomic E-state index is 11.8. The standard InChI is InChI=1S/C11H24N2O4S/c1-13(7-4-3-5-8-14)11(15)10(12)6-9-18(2,16)17/h10,14H,3-9,12H2,1-2H3. The van der Waals surface area contributed by atoms with Gasteiger partial charge in [0.15, 0.2) is 0 Å². The molecule has 108 valence electrons. The molecule has 0 fully saturated rings. The molecule has 0 saturated carbocycles. The largest absolute Gasteiger partial charge is 0.396 e. The summed E-state index contributed by atoms with van der Waals surface area (Å²) in [4.78, 5) is 13.3. The molecule has 7 heteroatoms. The van der Waals surface area contributed by atoms with Crippen LogP contribution in [-0.4, -0.2) is 62.6 Å². The average Bonchev–Trinajstić information content (AvgIpc) is 2.29. The smallest absolute Gasteiger partial charge is 0.239 e. The first-order valence-electron chi connectivity index (χ1n) is 6.07. The molecule has 3 N–H and O–H groups in total. The lowest BCUT2D eigenvalue weighted by Gasteiger charge is -2.21. The van der Waals surface area contributed by atoms with Gasteiger partial charge in [-0.25, -0.2) is 8.42 Å². The summed E-state index contributed by atoms with van der Waals surface area (Å²) in [5.74, 6) is -0.305. The average molecular weight is 280 g/mol. The lowest BCUT2D eigenvalue weighted by Crippen LogP contribution is -2.43. The summed E-state index contributed by atoms with van der Waals surface area (Å²) in [5, 5.41) is 8.62. The Balaban J connectivity index is 3.97. The quantitative estimate of drug-likeness (QED) is 0.548. The molecule has 0 bridgehead atoms. The topological polar surface area (TPSA) is 101 Å². The van der Waals surface area contributed by atoms with Crippen molar-refractivity contribution in [1.82, 2.24) is 4.90 Å². The Kier molecular flexibility index (Phi) is 8.13. The van der Waals surface area contributed by atoms with E-state index in [4.69, 9.17) is 10.8 Å². The summed E-state index contributed by atoms with van der Waals surface area (Å²) in [6.07, 6.45) is 3.66. The van der Waals surface area contributed by atoms with Crippen molar-refractivity contribution in [2.24, 2.45) is 5.73 Å². The molecule has 0 aliphatic carbocycles. The van der Waals surface area contributed by atoms with Gasteiger partial charge in [-0.2, -0.15) is 0 Å². The minimum Gasteiger partial charge on any atom is -0.396 e. The number of sulfone groups is 1. The van der Waals surface area contributed by atoms with E-state index in [2.05, 4.69) is 0 Å². The third-order valence-corrected chi connectivity index (χ3v) is 3.62. The van der Waals surface area contributed by atoms with Gasteiger partial charge < -0.3 is 15.7 Å². The number of nitrogens with two attached hydrogens (primary N) is 1. The lowest BCUT2D eigenvalue weighted by molar-refractivity contribution is -0.131. The van der Waals surface area contributed by atoms with Crippen molar-refractivity contribution < 1.29 is 18.3 Å². The van der Waals surface area contributed by atoms with Gasteiger partial charge in [0.05, 0.1) is 11.8 Å². The number of amides is 1. The van der Waals surface area contributed by atoms with Crippen molar-refractivity contribution in [2.75, 3.05) is 32.2 Å². The van der Waals surface area contributed by atoms with E-state index >= 15 is 0 Å². The van der Waals surface area contributed by atoms with Crippen molar-refractivity contribution in [1.29, 1.82) is 0 Å². The van der Waals surface area contributed by atoms with Gasteiger partial charge in [0, 0.05) is 26.5 Å². The van der Waals surface area contributed by atoms with Crippen LogP contribution in [0.3, 0.4) is 0 Å². The highest BCUT2D eigenvalue weighted by Crippen LogP contribution is 2.01. The molecular weight excluding hydrogens is 256 g/mol. The summed E-state index contributed by atoms with van der Waals surface area (Å²) in [7, 11) is -1.43. The van der Waals surface area contributed by atoms with Crippen molar-refractivity contribution in [3.8, 4) is 0 Å². The molecule has 0 aliphatic rings. The number of hydrogen-bond donors (Lipinski definition) is 2. The zero-order chi connectivity index (χ0) is 14.2. The number of hydrogen-bond acceptors (Lipinski definition) is 5. The Labute approximate surface area is 109 Å². The number of rotatable bonds is 9. The fourth-order valence-corrected chi connectivity index (χ4v) is 2.18. The minimum absolute atomic E-state index is 0.0712. The zero-order valence-corrected chi connectivity index (χ0v) is 11.9. The minimum atomic E-state index is -3.08. The van der Waals surface area contributed by atoms with Crippen LogP contribution >= 0.6 is 0 Å². The maximum Gasteiger partial charge on any atom is 0.239 e. The first-order chi connectivity index (χ1) is 8.28. The van der Waals surface area contributed by atoms with E-state index in [9.17, 15) is 13.2 Å². The highest BCUT2D eigenvalue weighted by molar-refractivity contribution is 7.90. The van der Waals surface area contributed by atoms with Gasteiger partial charge in [-0.05, 0) is 25.7 Å². The molecule has 0 heterocycles. The van der Waals surface area contributed by atoms with Gasteiger partial charge in [0.25, 0.3) is 0 Å². The molecule has 0 radical (unpaired) electrons. The molecule has 1 atom stereocenters. The van der Waals surface area contributed by atoms with Crippen molar-refractivity contribution in [2.45, 2.75) is 31.7 Å². The van der Waals surface area contributed by atoms with E-state index in [1.807, 2.05) is 0 Å². The molecule has 6 nitrogen and oxygen atoms in total. The van der Waals surface area contributed by atoms with Gasteiger partial charge in [0.1, 0.15) is 9.84 Å². The first kappa shape index (κ1) is 17.3. The number of aliphatic hydroxyl groups is 1. The highest BCUT2D eigenvalue weighted by Gasteiger charge is 2.19. The van der Waals surface area contributed by atoms with Gasteiger partial charge in [0.2, 0.25) is 5.91 Å². The fourth-order valence-electron chi connectivity index (χ4n) is 1.50. The van der Waals surface area contributed by atoms with E-state index in [1.165, 1.54) is 4.90 Å². The van der Waals surface area contributed by atoms with Crippen LogP contribution in [0, 0.1) is 0 Å². The fraction of sp³-hybridized carbons (Fsp3) is 0.909. The Morgan fingerprint density at radius 2 is 1.94 bits per heavy atom. The second kappa shape index (κ2) is 8.44. The number of unbranched alkanes of at least 4 members (excludes halogenated alkanes) is 2. The third-order valence-electron chi connectivity index (χ3n) is 2.64. The lowest BCUT2D eigenvalue weighted by atomic mass is 10.2. The summed E-state index contributed by atoms with van der Waals surface area (Å²) in [5.41, 5.74) is 5.66. The van der Waals surface area contributed by atoms with Gasteiger partial charge >= 0.3 is 0 Å². The summed E-state index contributed by atoms with van der Waals surface area (Å²) >= 11 is 0. The van der Waals surface area contributed by atoms with E-state index in [0.29, 0.717) is 6.54 Å². The molecule has 0 aliphatic heterocycles. The molecule has 18 heavy (non-hydrogen) atoms. The van der Waals surface area contributed by atoms with E-state index in [-0.39, 0.29) is 24.7 Å². The van der Waals surface area contributed by atoms with Crippen molar-refractivity contribution >= 4 is 15.7 Å². The molecule has 0 aromatic heterocycles. The predicted molar refractivity (Wildman–Crippen MR) is 70.9 cm³/mol. The van der Waals surface area contributed by atoms with E-state index in [1.54, 1.807) is 7.05 Å². The summed E-state index contributed by atoms with van der Waals surface area (Å²) < 4.78 is 21.9. The monoisotopic (exact) mass is 280 g/mol. The summed E-state index contributed by atoms with van der Waals surface area (Å²) in [6.45, 7) is 0.733. The van der Waals surface area contributed by atoms with E-state index < -0.39 is 15.9 Å². The molecule has 0 saturated heterocycles. The second-order valence-corrected chi connectivity index (χ2v) is 6.83. The van der Waals surface area contributed by atoms with Crippen molar-refractivity contribution in [3.05, 3.63) is 0 Å². The molecule has 0 rings (SSSR count). The Morgan fingerprint density at radius 1 is 1.33 bits per heavy atom. The Hall–Kier alpha value is -0.660. The zero-order valence-electron chi connectivity index (χ0n) is 11.1. The Morgan fingerprint density at radius 3 is 2.44 bits per heavy atom. The predicted octanol–water partition coefficient (Wildman–Crippen LogP) is -0.631. The van der Waals surface area contributed by atoms with Crippen LogP contribution in [0.4, 0.5) is 0 Å². The van der Waals surface area contributed by atoms with Crippen LogP contribution in [-0.2, 0) is 14.6 Å². The number of carbonyl (C=O) groups is 1. The summed E-state index contributed by atoms with van der Waals surface area (Å²) in [6, 6.07) is -0.762. The van der Waals surface area contributed by atoms with Gasteiger partial charge in [-0.15, -0.1) is 0 Å². The van der Waals surface area contributed by atoms with Crippen LogP contribution in [0.1, 0.15) is 25.7 Å². The second-order valence-electron chi connectivity index (χ2n) is 4.57. The third kappa shape index (κ3) is 8.43. The molecule has 0 aromatic rings. The van der Waals surface area contributed by atoms with Crippen LogP contribution in [0.5, 0.6) is 0 Å². The van der Waals surface area contributed by atoms with Crippen molar-refractivity contribution in [3.63, 3.8) is 0 Å². The van der Waals surface area contributed by atoms with Crippen LogP contribution in [0.25, 0.3) is 0 Å². The SMILES string of the molecule is CN(CCCCCO)C(=O)C(N)CCS(C)(=O)=O. The number of aliphatic hydroxyl groups excluding tert-OH is 1. The highest BCUT2D eigenvalue weighted by atomic mass is 32.2. The van der Waals surface area contributed by atoms with Crippen LogP contribution < -0.4 is 5.73 Å².